The fourth-order valence-corrected chi connectivity index (χ4v) is 4.03. The van der Waals surface area contributed by atoms with Gasteiger partial charge in [-0.25, -0.2) is 0 Å². The van der Waals surface area contributed by atoms with E-state index in [9.17, 15) is 9.59 Å². The summed E-state index contributed by atoms with van der Waals surface area (Å²) in [4.78, 5) is 30.9. The molecule has 2 aliphatic rings. The predicted molar refractivity (Wildman–Crippen MR) is 98.2 cm³/mol. The standard InChI is InChI=1S/C19H35N3O3/c1-5-25-19(24)17(4)13-20-6-8-21(9-7-20)14-18(23)22-11-15(2)10-16(3)12-22/h15-17H,5-14H2,1-4H3/t15-,16+,17-/m1/s1. The highest BCUT2D eigenvalue weighted by atomic mass is 16.5. The first-order chi connectivity index (χ1) is 11.9. The van der Waals surface area contributed by atoms with Crippen molar-refractivity contribution in [2.75, 3.05) is 59.0 Å². The van der Waals surface area contributed by atoms with Gasteiger partial charge in [0.2, 0.25) is 5.91 Å². The molecule has 1 amide bonds. The molecule has 0 bridgehead atoms. The van der Waals surface area contributed by atoms with Crippen LogP contribution < -0.4 is 0 Å². The zero-order valence-electron chi connectivity index (χ0n) is 16.4. The van der Waals surface area contributed by atoms with Gasteiger partial charge in [0.15, 0.2) is 0 Å². The van der Waals surface area contributed by atoms with E-state index in [1.54, 1.807) is 0 Å². The Morgan fingerprint density at radius 1 is 1.04 bits per heavy atom. The number of nitrogens with zero attached hydrogens (tertiary/aromatic N) is 3. The van der Waals surface area contributed by atoms with Crippen LogP contribution in [0.15, 0.2) is 0 Å². The molecule has 0 radical (unpaired) electrons. The van der Waals surface area contributed by atoms with Crippen LogP contribution in [0.4, 0.5) is 0 Å². The molecule has 6 nitrogen and oxygen atoms in total. The largest absolute Gasteiger partial charge is 0.466 e. The first kappa shape index (κ1) is 20.2. The number of piperazine rings is 1. The van der Waals surface area contributed by atoms with Crippen LogP contribution in [0.3, 0.4) is 0 Å². The van der Waals surface area contributed by atoms with Crippen LogP contribution >= 0.6 is 0 Å². The van der Waals surface area contributed by atoms with Crippen LogP contribution in [0.1, 0.15) is 34.1 Å². The molecule has 0 unspecified atom stereocenters. The molecule has 0 N–H and O–H groups in total. The molecule has 6 heteroatoms. The molecule has 144 valence electrons. The molecule has 2 aliphatic heterocycles. The Hall–Kier alpha value is -1.14. The van der Waals surface area contributed by atoms with Gasteiger partial charge >= 0.3 is 5.97 Å². The quantitative estimate of drug-likeness (QED) is 0.674. The first-order valence-corrected chi connectivity index (χ1v) is 9.78. The number of amides is 1. The fourth-order valence-electron chi connectivity index (χ4n) is 4.03. The summed E-state index contributed by atoms with van der Waals surface area (Å²) in [5.74, 6) is 1.27. The van der Waals surface area contributed by atoms with Crippen LogP contribution in [-0.2, 0) is 14.3 Å². The summed E-state index contributed by atoms with van der Waals surface area (Å²) >= 11 is 0. The minimum atomic E-state index is -0.117. The molecule has 0 aromatic carbocycles. The third-order valence-electron chi connectivity index (χ3n) is 5.27. The second-order valence-electron chi connectivity index (χ2n) is 7.97. The van der Waals surface area contributed by atoms with Crippen molar-refractivity contribution in [3.8, 4) is 0 Å². The molecule has 2 heterocycles. The molecule has 25 heavy (non-hydrogen) atoms. The van der Waals surface area contributed by atoms with Gasteiger partial charge in [-0.15, -0.1) is 0 Å². The molecule has 2 saturated heterocycles. The van der Waals surface area contributed by atoms with Gasteiger partial charge in [0.1, 0.15) is 0 Å². The van der Waals surface area contributed by atoms with Gasteiger partial charge in [0, 0.05) is 45.8 Å². The van der Waals surface area contributed by atoms with Gasteiger partial charge in [-0.1, -0.05) is 20.8 Å². The molecule has 0 aliphatic carbocycles. The number of piperidine rings is 1. The number of rotatable bonds is 6. The van der Waals surface area contributed by atoms with Crippen LogP contribution in [-0.4, -0.2) is 85.5 Å². The van der Waals surface area contributed by atoms with Gasteiger partial charge in [0.25, 0.3) is 0 Å². The van der Waals surface area contributed by atoms with E-state index in [-0.39, 0.29) is 17.8 Å². The Bertz CT molecular complexity index is 439. The van der Waals surface area contributed by atoms with E-state index in [0.29, 0.717) is 25.0 Å². The van der Waals surface area contributed by atoms with Gasteiger partial charge in [-0.2, -0.15) is 0 Å². The van der Waals surface area contributed by atoms with Crippen molar-refractivity contribution in [1.29, 1.82) is 0 Å². The van der Waals surface area contributed by atoms with Crippen molar-refractivity contribution >= 4 is 11.9 Å². The lowest BCUT2D eigenvalue weighted by Gasteiger charge is -2.38. The Morgan fingerprint density at radius 2 is 1.60 bits per heavy atom. The summed E-state index contributed by atoms with van der Waals surface area (Å²) in [6.07, 6.45) is 1.22. The number of ether oxygens (including phenoxy) is 1. The van der Waals surface area contributed by atoms with Crippen molar-refractivity contribution in [3.05, 3.63) is 0 Å². The lowest BCUT2D eigenvalue weighted by atomic mass is 9.92. The van der Waals surface area contributed by atoms with Gasteiger partial charge in [-0.3, -0.25) is 19.4 Å². The zero-order valence-corrected chi connectivity index (χ0v) is 16.4. The van der Waals surface area contributed by atoms with Gasteiger partial charge in [0.05, 0.1) is 19.1 Å². The molecule has 0 aromatic heterocycles. The number of likely N-dealkylation sites (tertiary alicyclic amines) is 1. The van der Waals surface area contributed by atoms with E-state index in [4.69, 9.17) is 4.74 Å². The molecule has 2 rings (SSSR count). The Morgan fingerprint density at radius 3 is 2.16 bits per heavy atom. The van der Waals surface area contributed by atoms with Crippen molar-refractivity contribution < 1.29 is 14.3 Å². The average Bonchev–Trinajstić information content (AvgIpc) is 2.56. The highest BCUT2D eigenvalue weighted by Gasteiger charge is 2.28. The number of hydrogen-bond donors (Lipinski definition) is 0. The second kappa shape index (κ2) is 9.53. The molecular weight excluding hydrogens is 318 g/mol. The Kier molecular flexibility index (Phi) is 7.69. The van der Waals surface area contributed by atoms with Crippen LogP contribution in [0.25, 0.3) is 0 Å². The van der Waals surface area contributed by atoms with E-state index in [0.717, 1.165) is 45.8 Å². The van der Waals surface area contributed by atoms with Gasteiger partial charge in [-0.05, 0) is 25.2 Å². The molecular formula is C19H35N3O3. The summed E-state index contributed by atoms with van der Waals surface area (Å²) in [6.45, 7) is 15.3. The van der Waals surface area contributed by atoms with E-state index < -0.39 is 0 Å². The highest BCUT2D eigenvalue weighted by Crippen LogP contribution is 2.21. The molecule has 2 fully saturated rings. The Balaban J connectivity index is 1.71. The summed E-state index contributed by atoms with van der Waals surface area (Å²) < 4.78 is 5.08. The second-order valence-corrected chi connectivity index (χ2v) is 7.97. The lowest BCUT2D eigenvalue weighted by Crippen LogP contribution is -2.52. The maximum Gasteiger partial charge on any atom is 0.309 e. The number of carbonyl (C=O) groups is 2. The van der Waals surface area contributed by atoms with Crippen molar-refractivity contribution in [1.82, 2.24) is 14.7 Å². The monoisotopic (exact) mass is 353 g/mol. The Labute approximate surface area is 152 Å². The van der Waals surface area contributed by atoms with E-state index in [1.807, 2.05) is 18.7 Å². The smallest absolute Gasteiger partial charge is 0.309 e. The van der Waals surface area contributed by atoms with Crippen LogP contribution in [0.5, 0.6) is 0 Å². The summed E-state index contributed by atoms with van der Waals surface area (Å²) in [6, 6.07) is 0. The van der Waals surface area contributed by atoms with E-state index in [1.165, 1.54) is 6.42 Å². The third-order valence-corrected chi connectivity index (χ3v) is 5.27. The summed E-state index contributed by atoms with van der Waals surface area (Å²) in [5, 5.41) is 0. The molecule has 3 atom stereocenters. The summed E-state index contributed by atoms with van der Waals surface area (Å²) in [7, 11) is 0. The van der Waals surface area contributed by atoms with Crippen LogP contribution in [0, 0.1) is 17.8 Å². The van der Waals surface area contributed by atoms with Crippen molar-refractivity contribution in [2.24, 2.45) is 17.8 Å². The lowest BCUT2D eigenvalue weighted by molar-refractivity contribution is -0.148. The summed E-state index contributed by atoms with van der Waals surface area (Å²) in [5.41, 5.74) is 0. The predicted octanol–water partition coefficient (Wildman–Crippen LogP) is 1.31. The fraction of sp³-hybridized carbons (Fsp3) is 0.895. The van der Waals surface area contributed by atoms with E-state index in [2.05, 4.69) is 23.6 Å². The number of hydrogen-bond acceptors (Lipinski definition) is 5. The average molecular weight is 354 g/mol. The molecule has 0 aromatic rings. The SMILES string of the molecule is CCOC(=O)[C@H](C)CN1CCN(CC(=O)N2C[C@H](C)C[C@H](C)C2)CC1. The van der Waals surface area contributed by atoms with E-state index >= 15 is 0 Å². The minimum Gasteiger partial charge on any atom is -0.466 e. The maximum absolute atomic E-state index is 12.6. The van der Waals surface area contributed by atoms with Crippen molar-refractivity contribution in [2.45, 2.75) is 34.1 Å². The minimum absolute atomic E-state index is 0.0931. The maximum atomic E-state index is 12.6. The molecule has 0 spiro atoms. The number of carbonyl (C=O) groups excluding carboxylic acids is 2. The zero-order chi connectivity index (χ0) is 18.4. The number of esters is 1. The van der Waals surface area contributed by atoms with Gasteiger partial charge < -0.3 is 9.64 Å². The van der Waals surface area contributed by atoms with Crippen molar-refractivity contribution in [3.63, 3.8) is 0 Å². The molecule has 0 saturated carbocycles. The topological polar surface area (TPSA) is 53.1 Å². The highest BCUT2D eigenvalue weighted by molar-refractivity contribution is 5.78. The van der Waals surface area contributed by atoms with Crippen LogP contribution in [0.2, 0.25) is 0 Å². The normalized spacial score (nSPS) is 27.1. The third kappa shape index (κ3) is 6.26. The first-order valence-electron chi connectivity index (χ1n) is 9.78.